The zero-order valence-corrected chi connectivity index (χ0v) is 12.0. The molecule has 1 unspecified atom stereocenters. The van der Waals surface area contributed by atoms with E-state index in [0.717, 1.165) is 30.7 Å². The van der Waals surface area contributed by atoms with Gasteiger partial charge in [0.15, 0.2) is 0 Å². The zero-order chi connectivity index (χ0) is 13.1. The Hall–Kier alpha value is -1.02. The summed E-state index contributed by atoms with van der Waals surface area (Å²) in [6.45, 7) is 4.44. The minimum absolute atomic E-state index is 0.816. The zero-order valence-electron chi connectivity index (χ0n) is 12.0. The van der Waals surface area contributed by atoms with Gasteiger partial charge in [0.25, 0.3) is 0 Å². The van der Waals surface area contributed by atoms with E-state index in [1.807, 2.05) is 0 Å². The second-order valence-electron chi connectivity index (χ2n) is 6.20. The van der Waals surface area contributed by atoms with Crippen LogP contribution < -0.4 is 10.1 Å². The summed E-state index contributed by atoms with van der Waals surface area (Å²) in [7, 11) is 0. The molecular weight excluding hydrogens is 234 g/mol. The number of benzene rings is 1. The highest BCUT2D eigenvalue weighted by Crippen LogP contribution is 2.27. The smallest absolute Gasteiger partial charge is 0.122 e. The minimum Gasteiger partial charge on any atom is -0.493 e. The molecule has 0 radical (unpaired) electrons. The van der Waals surface area contributed by atoms with Crippen molar-refractivity contribution in [3.63, 3.8) is 0 Å². The number of nitrogens with one attached hydrogen (secondary N) is 1. The molecule has 1 atom stereocenters. The van der Waals surface area contributed by atoms with E-state index in [2.05, 4.69) is 30.4 Å². The van der Waals surface area contributed by atoms with Crippen LogP contribution in [0.5, 0.6) is 5.75 Å². The molecule has 1 aromatic rings. The molecule has 0 spiro atoms. The molecule has 104 valence electrons. The van der Waals surface area contributed by atoms with Crippen LogP contribution in [0.25, 0.3) is 0 Å². The third-order valence-electron chi connectivity index (χ3n) is 4.33. The van der Waals surface area contributed by atoms with Crippen molar-refractivity contribution in [3.05, 3.63) is 29.3 Å². The molecule has 0 amide bonds. The first-order chi connectivity index (χ1) is 9.31. The summed E-state index contributed by atoms with van der Waals surface area (Å²) >= 11 is 0. The van der Waals surface area contributed by atoms with Gasteiger partial charge in [-0.2, -0.15) is 0 Å². The number of hydrogen-bond acceptors (Lipinski definition) is 2. The quantitative estimate of drug-likeness (QED) is 0.811. The van der Waals surface area contributed by atoms with E-state index in [4.69, 9.17) is 4.74 Å². The van der Waals surface area contributed by atoms with Gasteiger partial charge in [-0.1, -0.05) is 19.1 Å². The predicted octanol–water partition coefficient (Wildman–Crippen LogP) is 3.33. The third kappa shape index (κ3) is 3.73. The molecule has 1 aliphatic heterocycles. The number of ether oxygens (including phenoxy) is 1. The topological polar surface area (TPSA) is 21.3 Å². The maximum absolute atomic E-state index is 5.55. The fourth-order valence-electron chi connectivity index (χ4n) is 2.77. The molecule has 1 saturated carbocycles. The van der Waals surface area contributed by atoms with Crippen molar-refractivity contribution in [1.29, 1.82) is 0 Å². The molecule has 1 N–H and O–H groups in total. The van der Waals surface area contributed by atoms with Crippen molar-refractivity contribution >= 4 is 0 Å². The van der Waals surface area contributed by atoms with E-state index >= 15 is 0 Å². The molecule has 0 bridgehead atoms. The maximum atomic E-state index is 5.55. The summed E-state index contributed by atoms with van der Waals surface area (Å²) in [6.07, 6.45) is 7.69. The van der Waals surface area contributed by atoms with Crippen molar-refractivity contribution in [3.8, 4) is 5.75 Å². The molecule has 0 saturated heterocycles. The van der Waals surface area contributed by atoms with Crippen LogP contribution in [0.15, 0.2) is 18.2 Å². The Morgan fingerprint density at radius 1 is 1.32 bits per heavy atom. The van der Waals surface area contributed by atoms with Crippen LogP contribution in [-0.4, -0.2) is 19.2 Å². The fourth-order valence-corrected chi connectivity index (χ4v) is 2.77. The van der Waals surface area contributed by atoms with E-state index in [-0.39, 0.29) is 0 Å². The summed E-state index contributed by atoms with van der Waals surface area (Å²) in [5.41, 5.74) is 2.88. The Morgan fingerprint density at radius 2 is 2.21 bits per heavy atom. The molecule has 2 heteroatoms. The second kappa shape index (κ2) is 5.96. The van der Waals surface area contributed by atoms with Gasteiger partial charge in [0.2, 0.25) is 0 Å². The van der Waals surface area contributed by atoms with Gasteiger partial charge in [-0.25, -0.2) is 0 Å². The van der Waals surface area contributed by atoms with Crippen LogP contribution in [0.4, 0.5) is 0 Å². The normalized spacial score (nSPS) is 19.0. The minimum atomic E-state index is 0.816. The molecule has 1 heterocycles. The summed E-state index contributed by atoms with van der Waals surface area (Å²) in [4.78, 5) is 0. The third-order valence-corrected chi connectivity index (χ3v) is 4.33. The van der Waals surface area contributed by atoms with Crippen LogP contribution in [0.1, 0.15) is 43.7 Å². The van der Waals surface area contributed by atoms with Crippen LogP contribution in [0.2, 0.25) is 0 Å². The van der Waals surface area contributed by atoms with Gasteiger partial charge in [0, 0.05) is 12.5 Å². The molecule has 2 aliphatic rings. The highest BCUT2D eigenvalue weighted by Gasteiger charge is 2.20. The van der Waals surface area contributed by atoms with Crippen LogP contribution in [0, 0.1) is 5.92 Å². The fraction of sp³-hybridized carbons (Fsp3) is 0.647. The lowest BCUT2D eigenvalue weighted by atomic mass is 9.97. The maximum Gasteiger partial charge on any atom is 0.122 e. The second-order valence-corrected chi connectivity index (χ2v) is 6.20. The molecular formula is C17H25NO. The predicted molar refractivity (Wildman–Crippen MR) is 78.8 cm³/mol. The van der Waals surface area contributed by atoms with Crippen molar-refractivity contribution < 1.29 is 4.74 Å². The highest BCUT2D eigenvalue weighted by molar-refractivity contribution is 5.39. The Bertz CT molecular complexity index is 425. The van der Waals surface area contributed by atoms with Crippen LogP contribution >= 0.6 is 0 Å². The van der Waals surface area contributed by atoms with Crippen molar-refractivity contribution in [2.45, 2.75) is 51.5 Å². The summed E-state index contributed by atoms with van der Waals surface area (Å²) in [6, 6.07) is 7.58. The van der Waals surface area contributed by atoms with E-state index in [9.17, 15) is 0 Å². The van der Waals surface area contributed by atoms with E-state index in [1.54, 1.807) is 0 Å². The Kier molecular flexibility index (Phi) is 4.07. The van der Waals surface area contributed by atoms with Crippen molar-refractivity contribution in [2.24, 2.45) is 5.92 Å². The SMILES string of the molecule is CC(CCNC1CC1)CCc1ccc2c(c1)CCO2. The van der Waals surface area contributed by atoms with Crippen molar-refractivity contribution in [1.82, 2.24) is 5.32 Å². The number of hydrogen-bond donors (Lipinski definition) is 1. The molecule has 3 rings (SSSR count). The van der Waals surface area contributed by atoms with Crippen molar-refractivity contribution in [2.75, 3.05) is 13.2 Å². The van der Waals surface area contributed by atoms with Gasteiger partial charge in [0.05, 0.1) is 6.61 Å². The van der Waals surface area contributed by atoms with E-state index in [0.29, 0.717) is 0 Å². The first-order valence-corrected chi connectivity index (χ1v) is 7.79. The molecule has 1 aliphatic carbocycles. The van der Waals surface area contributed by atoms with Gasteiger partial charge < -0.3 is 10.1 Å². The Balaban J connectivity index is 1.40. The first kappa shape index (κ1) is 13.0. The largest absolute Gasteiger partial charge is 0.493 e. The van der Waals surface area contributed by atoms with Gasteiger partial charge in [-0.05, 0) is 61.8 Å². The number of aryl methyl sites for hydroxylation is 1. The summed E-state index contributed by atoms with van der Waals surface area (Å²) < 4.78 is 5.55. The lowest BCUT2D eigenvalue weighted by molar-refractivity contribution is 0.357. The highest BCUT2D eigenvalue weighted by atomic mass is 16.5. The lowest BCUT2D eigenvalue weighted by Gasteiger charge is -2.12. The Morgan fingerprint density at radius 3 is 3.05 bits per heavy atom. The molecule has 19 heavy (non-hydrogen) atoms. The van der Waals surface area contributed by atoms with E-state index in [1.165, 1.54) is 49.8 Å². The average molecular weight is 259 g/mol. The first-order valence-electron chi connectivity index (χ1n) is 7.79. The van der Waals surface area contributed by atoms with Gasteiger partial charge in [-0.15, -0.1) is 0 Å². The monoisotopic (exact) mass is 259 g/mol. The van der Waals surface area contributed by atoms with Gasteiger partial charge in [-0.3, -0.25) is 0 Å². The van der Waals surface area contributed by atoms with Crippen LogP contribution in [0.3, 0.4) is 0 Å². The molecule has 2 nitrogen and oxygen atoms in total. The van der Waals surface area contributed by atoms with Gasteiger partial charge >= 0.3 is 0 Å². The van der Waals surface area contributed by atoms with Gasteiger partial charge in [0.1, 0.15) is 5.75 Å². The summed E-state index contributed by atoms with van der Waals surface area (Å²) in [5, 5.41) is 3.60. The Labute approximate surface area is 116 Å². The van der Waals surface area contributed by atoms with E-state index < -0.39 is 0 Å². The average Bonchev–Trinajstić information content (AvgIpc) is 3.12. The molecule has 1 fully saturated rings. The number of rotatable bonds is 7. The standard InChI is InChI=1S/C17H25NO/c1-13(8-10-18-16-5-6-16)2-3-14-4-7-17-15(12-14)9-11-19-17/h4,7,12-13,16,18H,2-3,5-6,8-11H2,1H3. The summed E-state index contributed by atoms with van der Waals surface area (Å²) in [5.74, 6) is 1.92. The molecule has 1 aromatic carbocycles. The molecule has 0 aromatic heterocycles. The van der Waals surface area contributed by atoms with Crippen LogP contribution in [-0.2, 0) is 12.8 Å². The number of fused-ring (bicyclic) bond motifs is 1. The lowest BCUT2D eigenvalue weighted by Crippen LogP contribution is -2.19.